The maximum Gasteiger partial charge on any atom is 0.261 e. The van der Waals surface area contributed by atoms with Gasteiger partial charge in [0.05, 0.1) is 6.04 Å². The number of nitrogens with one attached hydrogen (secondary N) is 1. The van der Waals surface area contributed by atoms with Crippen molar-refractivity contribution in [2.45, 2.75) is 65.0 Å². The van der Waals surface area contributed by atoms with E-state index in [1.807, 2.05) is 31.2 Å². The van der Waals surface area contributed by atoms with Crippen molar-refractivity contribution in [1.29, 1.82) is 0 Å². The minimum atomic E-state index is -0.534. The molecule has 0 radical (unpaired) electrons. The molecule has 1 amide bonds. The normalized spacial score (nSPS) is 14.8. The third kappa shape index (κ3) is 5.04. The molecule has 2 atom stereocenters. The highest BCUT2D eigenvalue weighted by atomic mass is 16.5. The Bertz CT molecular complexity index is 1070. The van der Waals surface area contributed by atoms with Gasteiger partial charge < -0.3 is 10.1 Å². The van der Waals surface area contributed by atoms with E-state index in [4.69, 9.17) is 4.74 Å². The summed E-state index contributed by atoms with van der Waals surface area (Å²) in [6, 6.07) is 22.6. The van der Waals surface area contributed by atoms with Crippen LogP contribution in [0.15, 0.2) is 66.7 Å². The zero-order valence-corrected chi connectivity index (χ0v) is 19.4. The number of rotatable bonds is 7. The lowest BCUT2D eigenvalue weighted by atomic mass is 9.92. The monoisotopic (exact) mass is 427 g/mol. The highest BCUT2D eigenvalue weighted by Crippen LogP contribution is 2.28. The molecule has 1 N–H and O–H groups in total. The summed E-state index contributed by atoms with van der Waals surface area (Å²) >= 11 is 0. The van der Waals surface area contributed by atoms with Crippen molar-refractivity contribution in [1.82, 2.24) is 5.32 Å². The van der Waals surface area contributed by atoms with Gasteiger partial charge in [0.15, 0.2) is 6.10 Å². The van der Waals surface area contributed by atoms with Crippen molar-refractivity contribution in [2.24, 2.45) is 0 Å². The lowest BCUT2D eigenvalue weighted by Gasteiger charge is -2.25. The van der Waals surface area contributed by atoms with Gasteiger partial charge in [-0.1, -0.05) is 67.1 Å². The minimum Gasteiger partial charge on any atom is -0.481 e. The Morgan fingerprint density at radius 1 is 0.938 bits per heavy atom. The Kier molecular flexibility index (Phi) is 6.94. The van der Waals surface area contributed by atoms with Gasteiger partial charge in [-0.2, -0.15) is 0 Å². The standard InChI is InChI=1S/C29H33NO2/c1-4-27(32-25-16-15-22-10-8-9-13-24(22)19-25)29(31)30-28(23-11-6-5-7-12-23)26-17-14-20(2)18-21(26)3/h5-7,11-12,14-19,27-28H,4,8-10,13H2,1-3H3,(H,30,31)/t27-,28-/m0/s1. The van der Waals surface area contributed by atoms with E-state index >= 15 is 0 Å². The molecular formula is C29H33NO2. The minimum absolute atomic E-state index is 0.0842. The number of carbonyl (C=O) groups excluding carboxylic acids is 1. The number of fused-ring (bicyclic) bond motifs is 1. The molecule has 32 heavy (non-hydrogen) atoms. The lowest BCUT2D eigenvalue weighted by molar-refractivity contribution is -0.128. The summed E-state index contributed by atoms with van der Waals surface area (Å²) in [4.78, 5) is 13.4. The molecule has 1 aliphatic rings. The van der Waals surface area contributed by atoms with Gasteiger partial charge in [-0.3, -0.25) is 4.79 Å². The molecule has 3 nitrogen and oxygen atoms in total. The van der Waals surface area contributed by atoms with Crippen LogP contribution in [0.4, 0.5) is 0 Å². The van der Waals surface area contributed by atoms with Crippen molar-refractivity contribution >= 4 is 5.91 Å². The van der Waals surface area contributed by atoms with E-state index in [0.29, 0.717) is 6.42 Å². The van der Waals surface area contributed by atoms with E-state index in [1.54, 1.807) is 0 Å². The third-order valence-corrected chi connectivity index (χ3v) is 6.42. The van der Waals surface area contributed by atoms with Crippen LogP contribution < -0.4 is 10.1 Å². The quantitative estimate of drug-likeness (QED) is 0.484. The summed E-state index contributed by atoms with van der Waals surface area (Å²) in [5, 5.41) is 3.28. The van der Waals surface area contributed by atoms with Crippen molar-refractivity contribution < 1.29 is 9.53 Å². The number of hydrogen-bond donors (Lipinski definition) is 1. The van der Waals surface area contributed by atoms with Gasteiger partial charge in [0.2, 0.25) is 0 Å². The van der Waals surface area contributed by atoms with E-state index in [0.717, 1.165) is 29.7 Å². The van der Waals surface area contributed by atoms with E-state index < -0.39 is 6.10 Å². The summed E-state index contributed by atoms with van der Waals surface area (Å²) < 4.78 is 6.20. The molecule has 0 saturated heterocycles. The maximum absolute atomic E-state index is 13.4. The molecule has 0 saturated carbocycles. The Hall–Kier alpha value is -3.07. The molecule has 0 bridgehead atoms. The fraction of sp³-hybridized carbons (Fsp3) is 0.345. The molecule has 0 aliphatic heterocycles. The van der Waals surface area contributed by atoms with Crippen LogP contribution >= 0.6 is 0 Å². The van der Waals surface area contributed by atoms with Crippen molar-refractivity contribution in [3.8, 4) is 5.75 Å². The Balaban J connectivity index is 1.56. The smallest absolute Gasteiger partial charge is 0.261 e. The predicted octanol–water partition coefficient (Wildman–Crippen LogP) is 6.25. The van der Waals surface area contributed by atoms with Crippen molar-refractivity contribution in [3.63, 3.8) is 0 Å². The molecule has 0 aromatic heterocycles. The van der Waals surface area contributed by atoms with E-state index in [2.05, 4.69) is 61.6 Å². The zero-order valence-electron chi connectivity index (χ0n) is 19.4. The molecule has 3 aromatic carbocycles. The predicted molar refractivity (Wildman–Crippen MR) is 130 cm³/mol. The summed E-state index contributed by atoms with van der Waals surface area (Å²) in [5.41, 5.74) is 7.34. The van der Waals surface area contributed by atoms with Crippen LogP contribution in [0.5, 0.6) is 5.75 Å². The number of carbonyl (C=O) groups is 1. The van der Waals surface area contributed by atoms with Crippen LogP contribution in [-0.4, -0.2) is 12.0 Å². The molecule has 1 aliphatic carbocycles. The van der Waals surface area contributed by atoms with Crippen molar-refractivity contribution in [2.75, 3.05) is 0 Å². The van der Waals surface area contributed by atoms with Crippen LogP contribution in [0.2, 0.25) is 0 Å². The summed E-state index contributed by atoms with van der Waals surface area (Å²) in [5.74, 6) is 0.703. The van der Waals surface area contributed by atoms with Gasteiger partial charge in [-0.25, -0.2) is 0 Å². The Labute approximate surface area is 191 Å². The summed E-state index contributed by atoms with van der Waals surface area (Å²) in [6.45, 7) is 6.19. The second kappa shape index (κ2) is 10.0. The summed E-state index contributed by atoms with van der Waals surface area (Å²) in [6.07, 6.45) is 4.79. The van der Waals surface area contributed by atoms with E-state index in [-0.39, 0.29) is 11.9 Å². The topological polar surface area (TPSA) is 38.3 Å². The highest BCUT2D eigenvalue weighted by Gasteiger charge is 2.25. The second-order valence-electron chi connectivity index (χ2n) is 8.86. The van der Waals surface area contributed by atoms with Gasteiger partial charge >= 0.3 is 0 Å². The molecule has 0 fully saturated rings. The highest BCUT2D eigenvalue weighted by molar-refractivity contribution is 5.82. The van der Waals surface area contributed by atoms with Gasteiger partial charge in [-0.05, 0) is 85.9 Å². The van der Waals surface area contributed by atoms with Crippen LogP contribution in [0, 0.1) is 13.8 Å². The first-order valence-electron chi connectivity index (χ1n) is 11.8. The van der Waals surface area contributed by atoms with Gasteiger partial charge in [-0.15, -0.1) is 0 Å². The van der Waals surface area contributed by atoms with Gasteiger partial charge in [0.1, 0.15) is 5.75 Å². The van der Waals surface area contributed by atoms with Crippen LogP contribution in [0.1, 0.15) is 65.6 Å². The third-order valence-electron chi connectivity index (χ3n) is 6.42. The molecule has 166 valence electrons. The Morgan fingerprint density at radius 3 is 2.41 bits per heavy atom. The number of aryl methyl sites for hydroxylation is 4. The van der Waals surface area contributed by atoms with Crippen LogP contribution in [-0.2, 0) is 17.6 Å². The zero-order chi connectivity index (χ0) is 22.5. The number of amides is 1. The maximum atomic E-state index is 13.4. The number of ether oxygens (including phenoxy) is 1. The average molecular weight is 428 g/mol. The van der Waals surface area contributed by atoms with E-state index in [9.17, 15) is 4.79 Å². The first kappa shape index (κ1) is 22.1. The number of benzene rings is 3. The number of hydrogen-bond acceptors (Lipinski definition) is 2. The Morgan fingerprint density at radius 2 is 1.69 bits per heavy atom. The summed E-state index contributed by atoms with van der Waals surface area (Å²) in [7, 11) is 0. The van der Waals surface area contributed by atoms with Crippen molar-refractivity contribution in [3.05, 3.63) is 100 Å². The molecule has 4 rings (SSSR count). The molecule has 3 heteroatoms. The van der Waals surface area contributed by atoms with Crippen LogP contribution in [0.3, 0.4) is 0 Å². The van der Waals surface area contributed by atoms with Crippen LogP contribution in [0.25, 0.3) is 0 Å². The molecule has 0 unspecified atom stereocenters. The largest absolute Gasteiger partial charge is 0.481 e. The first-order valence-corrected chi connectivity index (χ1v) is 11.8. The fourth-order valence-electron chi connectivity index (χ4n) is 4.64. The molecule has 0 heterocycles. The first-order chi connectivity index (χ1) is 15.5. The molecule has 3 aromatic rings. The van der Waals surface area contributed by atoms with Gasteiger partial charge in [0, 0.05) is 0 Å². The average Bonchev–Trinajstić information content (AvgIpc) is 2.81. The second-order valence-corrected chi connectivity index (χ2v) is 8.86. The molecule has 0 spiro atoms. The van der Waals surface area contributed by atoms with E-state index in [1.165, 1.54) is 35.1 Å². The van der Waals surface area contributed by atoms with Gasteiger partial charge in [0.25, 0.3) is 5.91 Å². The lowest BCUT2D eigenvalue weighted by Crippen LogP contribution is -2.40. The SMILES string of the molecule is CC[C@H](Oc1ccc2c(c1)CCCC2)C(=O)N[C@@H](c1ccccc1)c1ccc(C)cc1C. The fourth-order valence-corrected chi connectivity index (χ4v) is 4.64. The molecular weight excluding hydrogens is 394 g/mol.